The van der Waals surface area contributed by atoms with Gasteiger partial charge >= 0.3 is 0 Å². The van der Waals surface area contributed by atoms with Gasteiger partial charge in [-0.2, -0.15) is 5.10 Å². The molecule has 1 unspecified atom stereocenters. The smallest absolute Gasteiger partial charge is 0.252 e. The summed E-state index contributed by atoms with van der Waals surface area (Å²) in [6.07, 6.45) is 2.03. The lowest BCUT2D eigenvalue weighted by Crippen LogP contribution is -2.27. The van der Waals surface area contributed by atoms with Gasteiger partial charge < -0.3 is 9.73 Å². The third kappa shape index (κ3) is 3.78. The number of hydrogen-bond acceptors (Lipinski definition) is 6. The second-order valence-electron chi connectivity index (χ2n) is 7.92. The molecule has 3 aromatic heterocycles. The Labute approximate surface area is 169 Å². The van der Waals surface area contributed by atoms with Gasteiger partial charge in [0.1, 0.15) is 5.69 Å². The minimum absolute atomic E-state index is 0.0325. The Hall–Kier alpha value is -2.68. The van der Waals surface area contributed by atoms with Crippen LogP contribution in [-0.2, 0) is 9.84 Å². The maximum absolute atomic E-state index is 13.0. The molecule has 1 N–H and O–H groups in total. The molecule has 0 bridgehead atoms. The molecular weight excluding hydrogens is 392 g/mol. The number of sulfone groups is 1. The number of hydrogen-bond donors (Lipinski definition) is 1. The van der Waals surface area contributed by atoms with Crippen LogP contribution in [0.5, 0.6) is 0 Å². The van der Waals surface area contributed by atoms with Crippen molar-refractivity contribution in [1.29, 1.82) is 0 Å². The summed E-state index contributed by atoms with van der Waals surface area (Å²) in [5, 5.41) is 8.17. The van der Waals surface area contributed by atoms with Crippen LogP contribution in [0.1, 0.15) is 42.4 Å². The molecule has 29 heavy (non-hydrogen) atoms. The summed E-state index contributed by atoms with van der Waals surface area (Å²) in [6, 6.07) is 4.95. The highest BCUT2D eigenvalue weighted by Gasteiger charge is 2.32. The van der Waals surface area contributed by atoms with Crippen molar-refractivity contribution in [2.24, 2.45) is 5.92 Å². The van der Waals surface area contributed by atoms with E-state index in [0.29, 0.717) is 52.6 Å². The first kappa shape index (κ1) is 19.6. The first-order valence-corrected chi connectivity index (χ1v) is 11.5. The zero-order chi connectivity index (χ0) is 20.8. The van der Waals surface area contributed by atoms with Gasteiger partial charge in [-0.1, -0.05) is 13.8 Å². The molecule has 154 valence electrons. The number of fused-ring (bicyclic) bond motifs is 1. The maximum atomic E-state index is 13.0. The van der Waals surface area contributed by atoms with Crippen molar-refractivity contribution in [1.82, 2.24) is 20.1 Å². The SMILES string of the molecule is Cc1nn(C2CCS(=O)(=O)C2)c2nc(-c3ccco3)cc(C(=O)NCC(C)C)c12. The van der Waals surface area contributed by atoms with E-state index in [2.05, 4.69) is 10.4 Å². The number of aromatic nitrogens is 3. The molecule has 0 saturated carbocycles. The van der Waals surface area contributed by atoms with Crippen LogP contribution in [0, 0.1) is 12.8 Å². The van der Waals surface area contributed by atoms with Gasteiger partial charge in [0.2, 0.25) is 0 Å². The lowest BCUT2D eigenvalue weighted by Gasteiger charge is -2.12. The van der Waals surface area contributed by atoms with Crippen molar-refractivity contribution in [2.75, 3.05) is 18.1 Å². The Morgan fingerprint density at radius 2 is 2.21 bits per heavy atom. The van der Waals surface area contributed by atoms with Crippen molar-refractivity contribution in [2.45, 2.75) is 33.2 Å². The second-order valence-corrected chi connectivity index (χ2v) is 10.2. The van der Waals surface area contributed by atoms with Gasteiger partial charge in [0.15, 0.2) is 21.2 Å². The minimum Gasteiger partial charge on any atom is -0.463 e. The molecule has 0 radical (unpaired) electrons. The number of carbonyl (C=O) groups is 1. The molecule has 1 fully saturated rings. The van der Waals surface area contributed by atoms with Gasteiger partial charge in [-0.05, 0) is 37.5 Å². The lowest BCUT2D eigenvalue weighted by atomic mass is 10.1. The number of carbonyl (C=O) groups excluding carboxylic acids is 1. The fraction of sp³-hybridized carbons (Fsp3) is 0.450. The third-order valence-corrected chi connectivity index (χ3v) is 6.83. The lowest BCUT2D eigenvalue weighted by molar-refractivity contribution is 0.0950. The first-order chi connectivity index (χ1) is 13.7. The Bertz CT molecular complexity index is 1160. The number of pyridine rings is 1. The molecule has 4 rings (SSSR count). The first-order valence-electron chi connectivity index (χ1n) is 9.67. The van der Waals surface area contributed by atoms with Gasteiger partial charge in [-0.25, -0.2) is 18.1 Å². The van der Waals surface area contributed by atoms with Crippen molar-refractivity contribution < 1.29 is 17.6 Å². The zero-order valence-electron chi connectivity index (χ0n) is 16.7. The number of rotatable bonds is 5. The summed E-state index contributed by atoms with van der Waals surface area (Å²) in [6.45, 7) is 6.42. The van der Waals surface area contributed by atoms with Gasteiger partial charge in [0.05, 0.1) is 40.5 Å². The standard InChI is InChI=1S/C20H24N4O4S/c1-12(2)10-21-20(25)15-9-16(17-5-4-7-28-17)22-19-18(15)13(3)23-24(19)14-6-8-29(26,27)11-14/h4-5,7,9,12,14H,6,8,10-11H2,1-3H3,(H,21,25). The average Bonchev–Trinajstić information content (AvgIpc) is 3.38. The molecule has 1 atom stereocenters. The van der Waals surface area contributed by atoms with Crippen LogP contribution in [-0.4, -0.2) is 47.1 Å². The Morgan fingerprint density at radius 3 is 2.83 bits per heavy atom. The van der Waals surface area contributed by atoms with Crippen LogP contribution in [0.2, 0.25) is 0 Å². The van der Waals surface area contributed by atoms with Gasteiger partial charge in [-0.15, -0.1) is 0 Å². The van der Waals surface area contributed by atoms with Gasteiger partial charge in [-0.3, -0.25) is 4.79 Å². The molecule has 8 nitrogen and oxygen atoms in total. The van der Waals surface area contributed by atoms with E-state index in [1.807, 2.05) is 20.8 Å². The Morgan fingerprint density at radius 1 is 1.41 bits per heavy atom. The molecule has 1 saturated heterocycles. The van der Waals surface area contributed by atoms with E-state index in [4.69, 9.17) is 9.40 Å². The fourth-order valence-corrected chi connectivity index (χ4v) is 5.35. The average molecular weight is 417 g/mol. The van der Waals surface area contributed by atoms with Crippen molar-refractivity contribution in [3.8, 4) is 11.5 Å². The molecular formula is C20H24N4O4S. The normalized spacial score (nSPS) is 18.6. The van der Waals surface area contributed by atoms with E-state index in [1.54, 1.807) is 29.1 Å². The van der Waals surface area contributed by atoms with Crippen molar-refractivity contribution in [3.63, 3.8) is 0 Å². The van der Waals surface area contributed by atoms with E-state index >= 15 is 0 Å². The molecule has 0 aromatic carbocycles. The van der Waals surface area contributed by atoms with Crippen LogP contribution in [0.4, 0.5) is 0 Å². The number of amides is 1. The van der Waals surface area contributed by atoms with Crippen LogP contribution in [0.3, 0.4) is 0 Å². The number of nitrogens with zero attached hydrogens (tertiary/aromatic N) is 3. The number of nitrogens with one attached hydrogen (secondary N) is 1. The van der Waals surface area contributed by atoms with E-state index in [9.17, 15) is 13.2 Å². The van der Waals surface area contributed by atoms with Crippen LogP contribution in [0.15, 0.2) is 28.9 Å². The summed E-state index contributed by atoms with van der Waals surface area (Å²) in [5.74, 6) is 0.811. The third-order valence-electron chi connectivity index (χ3n) is 5.08. The van der Waals surface area contributed by atoms with E-state index < -0.39 is 9.84 Å². The molecule has 0 spiro atoms. The molecule has 9 heteroatoms. The van der Waals surface area contributed by atoms with Crippen LogP contribution >= 0.6 is 0 Å². The summed E-state index contributed by atoms with van der Waals surface area (Å²) >= 11 is 0. The highest BCUT2D eigenvalue weighted by Crippen LogP contribution is 2.32. The monoisotopic (exact) mass is 416 g/mol. The maximum Gasteiger partial charge on any atom is 0.252 e. The molecule has 1 amide bonds. The summed E-state index contributed by atoms with van der Waals surface area (Å²) in [5.41, 5.74) is 2.14. The molecule has 1 aliphatic rings. The van der Waals surface area contributed by atoms with Crippen LogP contribution in [0.25, 0.3) is 22.5 Å². The summed E-state index contributed by atoms with van der Waals surface area (Å²) in [7, 11) is -3.09. The predicted molar refractivity (Wildman–Crippen MR) is 109 cm³/mol. The van der Waals surface area contributed by atoms with Crippen molar-refractivity contribution >= 4 is 26.8 Å². The van der Waals surface area contributed by atoms with Crippen LogP contribution < -0.4 is 5.32 Å². The summed E-state index contributed by atoms with van der Waals surface area (Å²) < 4.78 is 31.1. The van der Waals surface area contributed by atoms with E-state index in [-0.39, 0.29) is 23.5 Å². The Kier molecular flexibility index (Phi) is 4.94. The quantitative estimate of drug-likeness (QED) is 0.685. The largest absolute Gasteiger partial charge is 0.463 e. The molecule has 0 aliphatic carbocycles. The topological polar surface area (TPSA) is 107 Å². The van der Waals surface area contributed by atoms with Gasteiger partial charge in [0.25, 0.3) is 5.91 Å². The van der Waals surface area contributed by atoms with Crippen molar-refractivity contribution in [3.05, 3.63) is 35.7 Å². The molecule has 4 heterocycles. The minimum atomic E-state index is -3.09. The van der Waals surface area contributed by atoms with E-state index in [1.165, 1.54) is 0 Å². The predicted octanol–water partition coefficient (Wildman–Crippen LogP) is 2.75. The Balaban J connectivity index is 1.88. The van der Waals surface area contributed by atoms with E-state index in [0.717, 1.165) is 0 Å². The summed E-state index contributed by atoms with van der Waals surface area (Å²) in [4.78, 5) is 17.7. The highest BCUT2D eigenvalue weighted by molar-refractivity contribution is 7.91. The molecule has 1 aliphatic heterocycles. The fourth-order valence-electron chi connectivity index (χ4n) is 3.66. The number of furan rings is 1. The second kappa shape index (κ2) is 7.29. The number of aryl methyl sites for hydroxylation is 1. The highest BCUT2D eigenvalue weighted by atomic mass is 32.2. The van der Waals surface area contributed by atoms with Gasteiger partial charge in [0, 0.05) is 6.54 Å². The molecule has 3 aromatic rings. The zero-order valence-corrected chi connectivity index (χ0v) is 17.5.